The Kier molecular flexibility index (Phi) is 7.06. The monoisotopic (exact) mass is 414 g/mol. The van der Waals surface area contributed by atoms with Crippen LogP contribution in [0.1, 0.15) is 24.0 Å². The predicted molar refractivity (Wildman–Crippen MR) is 113 cm³/mol. The van der Waals surface area contributed by atoms with Gasteiger partial charge in [0, 0.05) is 19.2 Å². The van der Waals surface area contributed by atoms with E-state index >= 15 is 0 Å². The van der Waals surface area contributed by atoms with E-state index in [0.717, 1.165) is 18.4 Å². The average Bonchev–Trinajstić information content (AvgIpc) is 3.27. The van der Waals surface area contributed by atoms with Crippen molar-refractivity contribution in [1.29, 1.82) is 0 Å². The fourth-order valence-electron chi connectivity index (χ4n) is 3.04. The van der Waals surface area contributed by atoms with Crippen LogP contribution < -0.4 is 10.1 Å². The first-order chi connectivity index (χ1) is 13.9. The zero-order valence-electron chi connectivity index (χ0n) is 16.5. The van der Waals surface area contributed by atoms with Crippen LogP contribution in [0.2, 0.25) is 0 Å². The highest BCUT2D eigenvalue weighted by Gasteiger charge is 2.26. The van der Waals surface area contributed by atoms with E-state index < -0.39 is 10.0 Å². The second-order valence-corrected chi connectivity index (χ2v) is 8.90. The number of hydrogen-bond donors (Lipinski definition) is 1. The van der Waals surface area contributed by atoms with Crippen LogP contribution in [-0.4, -0.2) is 44.9 Å². The van der Waals surface area contributed by atoms with Crippen molar-refractivity contribution in [3.63, 3.8) is 0 Å². The molecule has 29 heavy (non-hydrogen) atoms. The third-order valence-corrected chi connectivity index (χ3v) is 6.61. The number of carbonyl (C=O) groups excluding carboxylic acids is 1. The molecule has 1 aliphatic rings. The number of nitrogens with one attached hydrogen (secondary N) is 1. The highest BCUT2D eigenvalue weighted by molar-refractivity contribution is 7.89. The van der Waals surface area contributed by atoms with Crippen LogP contribution in [0, 0.1) is 6.92 Å². The molecule has 154 valence electrons. The van der Waals surface area contributed by atoms with Gasteiger partial charge in [-0.25, -0.2) is 8.42 Å². The number of carbonyl (C=O) groups is 1. The van der Waals surface area contributed by atoms with Gasteiger partial charge in [-0.15, -0.1) is 0 Å². The van der Waals surface area contributed by atoms with Crippen LogP contribution in [0.25, 0.3) is 6.08 Å². The smallest absolute Gasteiger partial charge is 0.244 e. The van der Waals surface area contributed by atoms with Crippen LogP contribution in [0.15, 0.2) is 59.5 Å². The quantitative estimate of drug-likeness (QED) is 0.532. The normalized spacial score (nSPS) is 14.9. The number of amides is 1. The van der Waals surface area contributed by atoms with Gasteiger partial charge in [0.2, 0.25) is 15.9 Å². The molecule has 2 aromatic rings. The van der Waals surface area contributed by atoms with Crippen molar-refractivity contribution >= 4 is 22.0 Å². The van der Waals surface area contributed by atoms with Gasteiger partial charge in [-0.2, -0.15) is 4.31 Å². The molecule has 1 amide bonds. The van der Waals surface area contributed by atoms with Crippen LogP contribution >= 0.6 is 0 Å². The SMILES string of the molecule is Cc1ccc(/C=C/C(=O)NCCOc2ccc(S(=O)(=O)N3CCCC3)cc2)cc1. The molecule has 0 saturated carbocycles. The summed E-state index contributed by atoms with van der Waals surface area (Å²) in [5.74, 6) is 0.371. The summed E-state index contributed by atoms with van der Waals surface area (Å²) in [5, 5.41) is 2.75. The molecule has 2 aromatic carbocycles. The average molecular weight is 415 g/mol. The van der Waals surface area contributed by atoms with E-state index in [9.17, 15) is 13.2 Å². The van der Waals surface area contributed by atoms with E-state index in [4.69, 9.17) is 4.74 Å². The standard InChI is InChI=1S/C22H26N2O4S/c1-18-4-6-19(7-5-18)8-13-22(25)23-14-17-28-20-9-11-21(12-10-20)29(26,27)24-15-2-3-16-24/h4-13H,2-3,14-17H2,1H3,(H,23,25)/b13-8+. The second-order valence-electron chi connectivity index (χ2n) is 6.97. The Labute approximate surface area is 172 Å². The Balaban J connectivity index is 1.42. The largest absolute Gasteiger partial charge is 0.492 e. The van der Waals surface area contributed by atoms with Crippen LogP contribution in [0.5, 0.6) is 5.75 Å². The summed E-state index contributed by atoms with van der Waals surface area (Å²) in [6.45, 7) is 3.82. The van der Waals surface area contributed by atoms with Crippen molar-refractivity contribution in [3.05, 3.63) is 65.7 Å². The van der Waals surface area contributed by atoms with E-state index in [1.807, 2.05) is 31.2 Å². The minimum atomic E-state index is -3.41. The lowest BCUT2D eigenvalue weighted by molar-refractivity contribution is -0.116. The summed E-state index contributed by atoms with van der Waals surface area (Å²) in [6, 6.07) is 14.3. The van der Waals surface area contributed by atoms with Gasteiger partial charge in [0.15, 0.2) is 0 Å². The van der Waals surface area contributed by atoms with Crippen LogP contribution in [0.3, 0.4) is 0 Å². The zero-order valence-corrected chi connectivity index (χ0v) is 17.3. The Morgan fingerprint density at radius 2 is 1.72 bits per heavy atom. The molecular weight excluding hydrogens is 388 g/mol. The third-order valence-electron chi connectivity index (χ3n) is 4.70. The van der Waals surface area contributed by atoms with Crippen molar-refractivity contribution in [2.45, 2.75) is 24.7 Å². The van der Waals surface area contributed by atoms with Gasteiger partial charge in [-0.1, -0.05) is 29.8 Å². The van der Waals surface area contributed by atoms with Gasteiger partial charge in [0.05, 0.1) is 11.4 Å². The molecule has 3 rings (SSSR count). The van der Waals surface area contributed by atoms with Crippen molar-refractivity contribution < 1.29 is 17.9 Å². The maximum absolute atomic E-state index is 12.5. The minimum absolute atomic E-state index is 0.193. The minimum Gasteiger partial charge on any atom is -0.492 e. The van der Waals surface area contributed by atoms with Crippen molar-refractivity contribution in [2.24, 2.45) is 0 Å². The molecule has 0 atom stereocenters. The van der Waals surface area contributed by atoms with Crippen molar-refractivity contribution in [1.82, 2.24) is 9.62 Å². The molecule has 1 heterocycles. The first kappa shape index (κ1) is 21.1. The maximum atomic E-state index is 12.5. The Bertz CT molecular complexity index is 945. The molecular formula is C22H26N2O4S. The van der Waals surface area contributed by atoms with Crippen LogP contribution in [0.4, 0.5) is 0 Å². The van der Waals surface area contributed by atoms with Gasteiger partial charge in [-0.3, -0.25) is 4.79 Å². The zero-order chi connectivity index (χ0) is 20.7. The molecule has 1 saturated heterocycles. The number of aryl methyl sites for hydroxylation is 1. The van der Waals surface area contributed by atoms with E-state index in [2.05, 4.69) is 5.32 Å². The van der Waals surface area contributed by atoms with Gasteiger partial charge in [0.1, 0.15) is 12.4 Å². The third kappa shape index (κ3) is 5.92. The first-order valence-corrected chi connectivity index (χ1v) is 11.1. The molecule has 0 unspecified atom stereocenters. The number of hydrogen-bond acceptors (Lipinski definition) is 4. The number of benzene rings is 2. The molecule has 0 spiro atoms. The van der Waals surface area contributed by atoms with E-state index in [1.54, 1.807) is 30.3 Å². The molecule has 1 aliphatic heterocycles. The highest BCUT2D eigenvalue weighted by atomic mass is 32.2. The second kappa shape index (κ2) is 9.71. The maximum Gasteiger partial charge on any atom is 0.244 e. The van der Waals surface area contributed by atoms with Crippen molar-refractivity contribution in [3.8, 4) is 5.75 Å². The number of nitrogens with zero attached hydrogens (tertiary/aromatic N) is 1. The Morgan fingerprint density at radius 3 is 2.38 bits per heavy atom. The van der Waals surface area contributed by atoms with E-state index in [-0.39, 0.29) is 10.8 Å². The van der Waals surface area contributed by atoms with E-state index in [0.29, 0.717) is 32.0 Å². The molecule has 0 aliphatic carbocycles. The molecule has 0 bridgehead atoms. The lowest BCUT2D eigenvalue weighted by Gasteiger charge is -2.15. The molecule has 7 heteroatoms. The Morgan fingerprint density at radius 1 is 1.07 bits per heavy atom. The molecule has 0 radical (unpaired) electrons. The molecule has 0 aromatic heterocycles. The van der Waals surface area contributed by atoms with Gasteiger partial charge in [-0.05, 0) is 55.7 Å². The summed E-state index contributed by atoms with van der Waals surface area (Å²) >= 11 is 0. The fourth-order valence-corrected chi connectivity index (χ4v) is 4.55. The summed E-state index contributed by atoms with van der Waals surface area (Å²) in [5.41, 5.74) is 2.14. The fraction of sp³-hybridized carbons (Fsp3) is 0.318. The van der Waals surface area contributed by atoms with Gasteiger partial charge < -0.3 is 10.1 Å². The van der Waals surface area contributed by atoms with Crippen LogP contribution in [-0.2, 0) is 14.8 Å². The lowest BCUT2D eigenvalue weighted by atomic mass is 10.1. The summed E-state index contributed by atoms with van der Waals surface area (Å²) in [7, 11) is -3.41. The topological polar surface area (TPSA) is 75.7 Å². The Hall–Kier alpha value is -2.64. The highest BCUT2D eigenvalue weighted by Crippen LogP contribution is 2.22. The predicted octanol–water partition coefficient (Wildman–Crippen LogP) is 2.99. The first-order valence-electron chi connectivity index (χ1n) is 9.71. The molecule has 1 N–H and O–H groups in total. The lowest BCUT2D eigenvalue weighted by Crippen LogP contribution is -2.27. The summed E-state index contributed by atoms with van der Waals surface area (Å²) in [4.78, 5) is 12.1. The summed E-state index contributed by atoms with van der Waals surface area (Å²) < 4.78 is 32.1. The molecule has 6 nitrogen and oxygen atoms in total. The number of sulfonamides is 1. The van der Waals surface area contributed by atoms with Gasteiger partial charge >= 0.3 is 0 Å². The number of ether oxygens (including phenoxy) is 1. The van der Waals surface area contributed by atoms with E-state index in [1.165, 1.54) is 15.9 Å². The molecule has 1 fully saturated rings. The van der Waals surface area contributed by atoms with Gasteiger partial charge in [0.25, 0.3) is 0 Å². The number of rotatable bonds is 8. The summed E-state index contributed by atoms with van der Waals surface area (Å²) in [6.07, 6.45) is 5.07. The van der Waals surface area contributed by atoms with Crippen molar-refractivity contribution in [2.75, 3.05) is 26.2 Å².